The lowest BCUT2D eigenvalue weighted by Crippen LogP contribution is -2.50. The number of nitrogens with zero attached hydrogens (tertiary/aromatic N) is 3. The number of nitrogens with one attached hydrogen (secondary N) is 1. The number of para-hydroxylation sites is 1. The molecule has 21 heavy (non-hydrogen) atoms. The monoisotopic (exact) mass is 286 g/mol. The Kier molecular flexibility index (Phi) is 3.47. The first kappa shape index (κ1) is 13.8. The molecule has 1 atom stereocenters. The van der Waals surface area contributed by atoms with E-state index in [-0.39, 0.29) is 18.2 Å². The molecule has 0 saturated heterocycles. The molecule has 0 aliphatic heterocycles. The van der Waals surface area contributed by atoms with Crippen molar-refractivity contribution in [2.45, 2.75) is 25.3 Å². The van der Waals surface area contributed by atoms with E-state index in [9.17, 15) is 9.90 Å². The Morgan fingerprint density at radius 3 is 2.76 bits per heavy atom. The summed E-state index contributed by atoms with van der Waals surface area (Å²) >= 11 is 0. The molecule has 6 nitrogen and oxygen atoms in total. The second kappa shape index (κ2) is 5.29. The highest BCUT2D eigenvalue weighted by molar-refractivity contribution is 5.92. The quantitative estimate of drug-likeness (QED) is 0.864. The number of carbonyl (C=O) groups is 1. The van der Waals surface area contributed by atoms with E-state index in [0.29, 0.717) is 5.92 Å². The minimum atomic E-state index is -0.576. The fourth-order valence-electron chi connectivity index (χ4n) is 2.39. The van der Waals surface area contributed by atoms with E-state index >= 15 is 0 Å². The van der Waals surface area contributed by atoms with Crippen molar-refractivity contribution >= 4 is 5.91 Å². The van der Waals surface area contributed by atoms with Crippen LogP contribution >= 0.6 is 0 Å². The number of aromatic nitrogens is 3. The molecule has 3 rings (SSSR count). The van der Waals surface area contributed by atoms with E-state index in [0.717, 1.165) is 18.5 Å². The zero-order valence-electron chi connectivity index (χ0n) is 11.9. The van der Waals surface area contributed by atoms with Gasteiger partial charge in [0.2, 0.25) is 0 Å². The summed E-state index contributed by atoms with van der Waals surface area (Å²) in [5.74, 6) is 0.0382. The van der Waals surface area contributed by atoms with Gasteiger partial charge < -0.3 is 10.4 Å². The maximum Gasteiger partial charge on any atom is 0.273 e. The molecule has 6 heteroatoms. The summed E-state index contributed by atoms with van der Waals surface area (Å²) in [6.07, 6.45) is 3.66. The van der Waals surface area contributed by atoms with Gasteiger partial charge in [-0.2, -0.15) is 0 Å². The lowest BCUT2D eigenvalue weighted by atomic mass is 9.97. The lowest BCUT2D eigenvalue weighted by molar-refractivity contribution is 0.0819. The van der Waals surface area contributed by atoms with Gasteiger partial charge in [0, 0.05) is 0 Å². The lowest BCUT2D eigenvalue weighted by Gasteiger charge is -2.28. The van der Waals surface area contributed by atoms with E-state index in [2.05, 4.69) is 15.6 Å². The fraction of sp³-hybridized carbons (Fsp3) is 0.400. The number of aliphatic hydroxyl groups is 1. The second-order valence-corrected chi connectivity index (χ2v) is 5.69. The molecule has 2 N–H and O–H groups in total. The molecule has 110 valence electrons. The zero-order valence-corrected chi connectivity index (χ0v) is 11.9. The summed E-state index contributed by atoms with van der Waals surface area (Å²) in [6, 6.07) is 9.48. The molecule has 1 heterocycles. The van der Waals surface area contributed by atoms with E-state index < -0.39 is 5.54 Å². The molecule has 0 spiro atoms. The summed E-state index contributed by atoms with van der Waals surface area (Å²) < 4.78 is 1.56. The Morgan fingerprint density at radius 2 is 2.14 bits per heavy atom. The van der Waals surface area contributed by atoms with Gasteiger partial charge in [0.05, 0.1) is 24.0 Å². The Bertz CT molecular complexity index is 636. The van der Waals surface area contributed by atoms with Crippen molar-refractivity contribution in [1.29, 1.82) is 0 Å². The van der Waals surface area contributed by atoms with Gasteiger partial charge in [-0.3, -0.25) is 4.79 Å². The van der Waals surface area contributed by atoms with Crippen LogP contribution in [0.4, 0.5) is 0 Å². The largest absolute Gasteiger partial charge is 0.394 e. The molecule has 1 aliphatic carbocycles. The SMILES string of the molecule is CC(CO)(NC(=O)c1cn(-c2ccccc2)nn1)C1CC1. The Hall–Kier alpha value is -2.21. The number of hydrogen-bond donors (Lipinski definition) is 2. The van der Waals surface area contributed by atoms with E-state index in [1.54, 1.807) is 10.9 Å². The third-order valence-electron chi connectivity index (χ3n) is 3.95. The average Bonchev–Trinajstić information content (AvgIpc) is 3.26. The highest BCUT2D eigenvalue weighted by Crippen LogP contribution is 2.39. The predicted molar refractivity (Wildman–Crippen MR) is 77.0 cm³/mol. The van der Waals surface area contributed by atoms with Crippen LogP contribution in [0.1, 0.15) is 30.3 Å². The molecule has 1 aromatic carbocycles. The molecule has 1 saturated carbocycles. The molecule has 0 radical (unpaired) electrons. The maximum absolute atomic E-state index is 12.3. The number of amides is 1. The van der Waals surface area contributed by atoms with Crippen molar-refractivity contribution in [3.05, 3.63) is 42.2 Å². The van der Waals surface area contributed by atoms with Crippen LogP contribution in [0.5, 0.6) is 0 Å². The van der Waals surface area contributed by atoms with Crippen molar-refractivity contribution in [2.24, 2.45) is 5.92 Å². The van der Waals surface area contributed by atoms with Crippen LogP contribution in [0.25, 0.3) is 5.69 Å². The first-order chi connectivity index (χ1) is 10.1. The first-order valence-electron chi connectivity index (χ1n) is 7.03. The number of rotatable bonds is 5. The number of hydrogen-bond acceptors (Lipinski definition) is 4. The first-order valence-corrected chi connectivity index (χ1v) is 7.03. The zero-order chi connectivity index (χ0) is 14.9. The third-order valence-corrected chi connectivity index (χ3v) is 3.95. The average molecular weight is 286 g/mol. The highest BCUT2D eigenvalue weighted by atomic mass is 16.3. The van der Waals surface area contributed by atoms with Gasteiger partial charge in [-0.1, -0.05) is 23.4 Å². The summed E-state index contributed by atoms with van der Waals surface area (Å²) in [5.41, 5.74) is 0.517. The van der Waals surface area contributed by atoms with Gasteiger partial charge in [0.15, 0.2) is 5.69 Å². The van der Waals surface area contributed by atoms with Gasteiger partial charge in [0.1, 0.15) is 0 Å². The van der Waals surface area contributed by atoms with Gasteiger partial charge in [-0.25, -0.2) is 4.68 Å². The Balaban J connectivity index is 1.75. The minimum Gasteiger partial charge on any atom is -0.394 e. The molecule has 1 unspecified atom stereocenters. The van der Waals surface area contributed by atoms with Crippen LogP contribution in [0.3, 0.4) is 0 Å². The number of benzene rings is 1. The summed E-state index contributed by atoms with van der Waals surface area (Å²) in [6.45, 7) is 1.79. The molecular weight excluding hydrogens is 268 g/mol. The van der Waals surface area contributed by atoms with Gasteiger partial charge >= 0.3 is 0 Å². The molecule has 1 amide bonds. The van der Waals surface area contributed by atoms with Crippen molar-refractivity contribution in [3.8, 4) is 5.69 Å². The Labute approximate surface area is 122 Å². The minimum absolute atomic E-state index is 0.0732. The molecule has 1 fully saturated rings. The van der Waals surface area contributed by atoms with E-state index in [1.165, 1.54) is 0 Å². The molecule has 2 aromatic rings. The van der Waals surface area contributed by atoms with Crippen LogP contribution in [-0.4, -0.2) is 38.2 Å². The standard InChI is InChI=1S/C15H18N4O2/c1-15(10-20,11-7-8-11)16-14(21)13-9-19(18-17-13)12-5-3-2-4-6-12/h2-6,9,11,20H,7-8,10H2,1H3,(H,16,21). The van der Waals surface area contributed by atoms with Crippen molar-refractivity contribution in [2.75, 3.05) is 6.61 Å². The molecular formula is C15H18N4O2. The predicted octanol–water partition coefficient (Wildman–Crippen LogP) is 1.16. The van der Waals surface area contributed by atoms with Crippen molar-refractivity contribution < 1.29 is 9.90 Å². The van der Waals surface area contributed by atoms with Gasteiger partial charge in [-0.15, -0.1) is 5.10 Å². The maximum atomic E-state index is 12.3. The summed E-state index contributed by atoms with van der Waals surface area (Å²) in [4.78, 5) is 12.3. The van der Waals surface area contributed by atoms with Crippen molar-refractivity contribution in [3.63, 3.8) is 0 Å². The third kappa shape index (κ3) is 2.80. The summed E-state index contributed by atoms with van der Waals surface area (Å²) in [7, 11) is 0. The van der Waals surface area contributed by atoms with Gasteiger partial charge in [-0.05, 0) is 37.8 Å². The molecule has 1 aliphatic rings. The van der Waals surface area contributed by atoms with Crippen LogP contribution < -0.4 is 5.32 Å². The van der Waals surface area contributed by atoms with E-state index in [1.807, 2.05) is 37.3 Å². The normalized spacial score (nSPS) is 17.2. The van der Waals surface area contributed by atoms with Crippen molar-refractivity contribution in [1.82, 2.24) is 20.3 Å². The Morgan fingerprint density at radius 1 is 1.43 bits per heavy atom. The second-order valence-electron chi connectivity index (χ2n) is 5.69. The van der Waals surface area contributed by atoms with Crippen LogP contribution in [0.15, 0.2) is 36.5 Å². The van der Waals surface area contributed by atoms with Gasteiger partial charge in [0.25, 0.3) is 5.91 Å². The van der Waals surface area contributed by atoms with E-state index in [4.69, 9.17) is 0 Å². The fourth-order valence-corrected chi connectivity index (χ4v) is 2.39. The highest BCUT2D eigenvalue weighted by Gasteiger charge is 2.42. The number of aliphatic hydroxyl groups excluding tert-OH is 1. The number of carbonyl (C=O) groups excluding carboxylic acids is 1. The topological polar surface area (TPSA) is 80.0 Å². The molecule has 1 aromatic heterocycles. The van der Waals surface area contributed by atoms with Crippen LogP contribution in [0, 0.1) is 5.92 Å². The van der Waals surface area contributed by atoms with Crippen LogP contribution in [-0.2, 0) is 0 Å². The summed E-state index contributed by atoms with van der Waals surface area (Å²) in [5, 5.41) is 20.3. The molecule has 0 bridgehead atoms. The van der Waals surface area contributed by atoms with Crippen LogP contribution in [0.2, 0.25) is 0 Å². The smallest absolute Gasteiger partial charge is 0.273 e.